The normalized spacial score (nSPS) is 27.7. The molecule has 0 radical (unpaired) electrons. The minimum Gasteiger partial charge on any atom is -0.338 e. The number of likely N-dealkylation sites (tertiary alicyclic amines) is 1. The van der Waals surface area contributed by atoms with Gasteiger partial charge in [-0.05, 0) is 20.3 Å². The van der Waals surface area contributed by atoms with Gasteiger partial charge in [-0.25, -0.2) is 0 Å². The Hall–Kier alpha value is -0.570. The summed E-state index contributed by atoms with van der Waals surface area (Å²) in [6, 6.07) is 0.494. The maximum absolute atomic E-state index is 11.2. The molecule has 0 bridgehead atoms. The molecule has 1 amide bonds. The molecule has 2 N–H and O–H groups in total. The van der Waals surface area contributed by atoms with Gasteiger partial charge in [0, 0.05) is 25.0 Å². The predicted molar refractivity (Wildman–Crippen MR) is 44.1 cm³/mol. The molecule has 3 nitrogen and oxygen atoms in total. The Kier molecular flexibility index (Phi) is 2.49. The first-order valence-electron chi connectivity index (χ1n) is 4.16. The minimum atomic E-state index is 0.0968. The molecule has 2 atom stereocenters. The fourth-order valence-electron chi connectivity index (χ4n) is 1.47. The second kappa shape index (κ2) is 3.22. The smallest absolute Gasteiger partial charge is 0.222 e. The molecule has 1 fully saturated rings. The zero-order chi connectivity index (χ0) is 8.43. The van der Waals surface area contributed by atoms with Gasteiger partial charge in [0.05, 0.1) is 0 Å². The van der Waals surface area contributed by atoms with Crippen molar-refractivity contribution in [1.29, 1.82) is 0 Å². The van der Waals surface area contributed by atoms with Crippen LogP contribution in [0.4, 0.5) is 0 Å². The highest BCUT2D eigenvalue weighted by molar-refractivity contribution is 5.78. The number of hydrogen-bond acceptors (Lipinski definition) is 2. The highest BCUT2D eigenvalue weighted by Gasteiger charge is 2.27. The minimum absolute atomic E-state index is 0.0968. The number of rotatable bonds is 2. The van der Waals surface area contributed by atoms with E-state index in [2.05, 4.69) is 6.92 Å². The lowest BCUT2D eigenvalue weighted by Gasteiger charge is -2.23. The summed E-state index contributed by atoms with van der Waals surface area (Å²) in [7, 11) is 0. The maximum Gasteiger partial charge on any atom is 0.222 e. The van der Waals surface area contributed by atoms with Crippen LogP contribution in [0, 0.1) is 0 Å². The zero-order valence-corrected chi connectivity index (χ0v) is 7.21. The lowest BCUT2D eigenvalue weighted by atomic mass is 10.2. The lowest BCUT2D eigenvalue weighted by molar-refractivity contribution is -0.128. The van der Waals surface area contributed by atoms with Crippen molar-refractivity contribution < 1.29 is 4.79 Å². The van der Waals surface area contributed by atoms with Gasteiger partial charge in [0.15, 0.2) is 0 Å². The van der Waals surface area contributed by atoms with Gasteiger partial charge in [-0.15, -0.1) is 0 Å². The Morgan fingerprint density at radius 1 is 1.82 bits per heavy atom. The third-order valence-electron chi connectivity index (χ3n) is 2.11. The monoisotopic (exact) mass is 156 g/mol. The average Bonchev–Trinajstić information content (AvgIpc) is 2.18. The van der Waals surface area contributed by atoms with Crippen LogP contribution in [0.15, 0.2) is 0 Å². The van der Waals surface area contributed by atoms with Gasteiger partial charge in [-0.2, -0.15) is 0 Å². The van der Waals surface area contributed by atoms with E-state index >= 15 is 0 Å². The van der Waals surface area contributed by atoms with E-state index < -0.39 is 0 Å². The summed E-state index contributed by atoms with van der Waals surface area (Å²) in [5.41, 5.74) is 5.60. The van der Waals surface area contributed by atoms with Crippen molar-refractivity contribution >= 4 is 5.91 Å². The quantitative estimate of drug-likeness (QED) is 0.627. The van der Waals surface area contributed by atoms with E-state index in [0.717, 1.165) is 6.42 Å². The molecule has 0 spiro atoms. The standard InChI is InChI=1S/C8H16N2O/c1-6(9)5-10-7(2)3-4-8(10)11/h6-7H,3-5,9H2,1-2H3/t6-,7?/m1/s1. The fraction of sp³-hybridized carbons (Fsp3) is 0.875. The molecule has 1 unspecified atom stereocenters. The van der Waals surface area contributed by atoms with Gasteiger partial charge in [-0.3, -0.25) is 4.79 Å². The van der Waals surface area contributed by atoms with Crippen LogP contribution in [-0.2, 0) is 4.79 Å². The summed E-state index contributed by atoms with van der Waals surface area (Å²) in [4.78, 5) is 13.1. The number of amides is 1. The van der Waals surface area contributed by atoms with Crippen LogP contribution >= 0.6 is 0 Å². The molecule has 0 aromatic heterocycles. The van der Waals surface area contributed by atoms with E-state index in [-0.39, 0.29) is 11.9 Å². The summed E-state index contributed by atoms with van der Waals surface area (Å²) >= 11 is 0. The molecule has 0 aromatic carbocycles. The summed E-state index contributed by atoms with van der Waals surface area (Å²) in [6.07, 6.45) is 1.69. The van der Waals surface area contributed by atoms with E-state index in [1.54, 1.807) is 0 Å². The van der Waals surface area contributed by atoms with Crippen LogP contribution in [0.2, 0.25) is 0 Å². The molecule has 1 heterocycles. The van der Waals surface area contributed by atoms with Crippen LogP contribution in [0.5, 0.6) is 0 Å². The Balaban J connectivity index is 2.48. The number of hydrogen-bond donors (Lipinski definition) is 1. The van der Waals surface area contributed by atoms with Crippen molar-refractivity contribution in [3.8, 4) is 0 Å². The first-order valence-corrected chi connectivity index (χ1v) is 4.16. The number of carbonyl (C=O) groups is 1. The van der Waals surface area contributed by atoms with Crippen LogP contribution in [-0.4, -0.2) is 29.4 Å². The van der Waals surface area contributed by atoms with Crippen molar-refractivity contribution in [3.05, 3.63) is 0 Å². The fourth-order valence-corrected chi connectivity index (χ4v) is 1.47. The van der Waals surface area contributed by atoms with Crippen molar-refractivity contribution in [1.82, 2.24) is 4.90 Å². The predicted octanol–water partition coefficient (Wildman–Crippen LogP) is 0.345. The summed E-state index contributed by atoms with van der Waals surface area (Å²) in [5, 5.41) is 0. The molecule has 3 heteroatoms. The van der Waals surface area contributed by atoms with Gasteiger partial charge in [0.2, 0.25) is 5.91 Å². The molecular formula is C8H16N2O. The second-order valence-corrected chi connectivity index (χ2v) is 3.41. The van der Waals surface area contributed by atoms with Gasteiger partial charge in [0.25, 0.3) is 0 Å². The van der Waals surface area contributed by atoms with Gasteiger partial charge >= 0.3 is 0 Å². The van der Waals surface area contributed by atoms with Crippen molar-refractivity contribution in [3.63, 3.8) is 0 Å². The lowest BCUT2D eigenvalue weighted by Crippen LogP contribution is -2.39. The molecular weight excluding hydrogens is 140 g/mol. The van der Waals surface area contributed by atoms with Crippen molar-refractivity contribution in [2.24, 2.45) is 5.73 Å². The third kappa shape index (κ3) is 1.93. The highest BCUT2D eigenvalue weighted by Crippen LogP contribution is 2.17. The van der Waals surface area contributed by atoms with Crippen LogP contribution < -0.4 is 5.73 Å². The summed E-state index contributed by atoms with van der Waals surface area (Å²) < 4.78 is 0. The molecule has 0 saturated carbocycles. The molecule has 0 aliphatic carbocycles. The molecule has 1 saturated heterocycles. The Morgan fingerprint density at radius 2 is 2.45 bits per heavy atom. The number of nitrogens with zero attached hydrogens (tertiary/aromatic N) is 1. The number of carbonyl (C=O) groups excluding carboxylic acids is 1. The second-order valence-electron chi connectivity index (χ2n) is 3.41. The summed E-state index contributed by atoms with van der Waals surface area (Å²) in [6.45, 7) is 4.71. The topological polar surface area (TPSA) is 46.3 Å². The molecule has 64 valence electrons. The van der Waals surface area contributed by atoms with Crippen molar-refractivity contribution in [2.45, 2.75) is 38.8 Å². The van der Waals surface area contributed by atoms with Gasteiger partial charge in [-0.1, -0.05) is 0 Å². The average molecular weight is 156 g/mol. The molecule has 1 aliphatic heterocycles. The van der Waals surface area contributed by atoms with E-state index in [1.165, 1.54) is 0 Å². The van der Waals surface area contributed by atoms with E-state index in [9.17, 15) is 4.79 Å². The first kappa shape index (κ1) is 8.53. The molecule has 1 rings (SSSR count). The first-order chi connectivity index (χ1) is 5.11. The maximum atomic E-state index is 11.2. The SMILES string of the molecule is CC1CCC(=O)N1C[C@@H](C)N. The molecule has 11 heavy (non-hydrogen) atoms. The largest absolute Gasteiger partial charge is 0.338 e. The van der Waals surface area contributed by atoms with Crippen molar-refractivity contribution in [2.75, 3.05) is 6.54 Å². The number of nitrogens with two attached hydrogens (primary N) is 1. The Labute approximate surface area is 67.5 Å². The van der Waals surface area contributed by atoms with Crippen LogP contribution in [0.25, 0.3) is 0 Å². The Morgan fingerprint density at radius 3 is 2.82 bits per heavy atom. The van der Waals surface area contributed by atoms with Gasteiger partial charge in [0.1, 0.15) is 0 Å². The van der Waals surface area contributed by atoms with Gasteiger partial charge < -0.3 is 10.6 Å². The molecule has 1 aliphatic rings. The van der Waals surface area contributed by atoms with Crippen LogP contribution in [0.1, 0.15) is 26.7 Å². The summed E-state index contributed by atoms with van der Waals surface area (Å²) in [5.74, 6) is 0.259. The van der Waals surface area contributed by atoms with E-state index in [0.29, 0.717) is 19.0 Å². The highest BCUT2D eigenvalue weighted by atomic mass is 16.2. The Bertz CT molecular complexity index is 156. The zero-order valence-electron chi connectivity index (χ0n) is 7.21. The third-order valence-corrected chi connectivity index (χ3v) is 2.11. The van der Waals surface area contributed by atoms with E-state index in [4.69, 9.17) is 5.73 Å². The molecule has 0 aromatic rings. The van der Waals surface area contributed by atoms with Crippen LogP contribution in [0.3, 0.4) is 0 Å². The van der Waals surface area contributed by atoms with E-state index in [1.807, 2.05) is 11.8 Å².